The van der Waals surface area contributed by atoms with Crippen molar-refractivity contribution in [1.29, 1.82) is 0 Å². The van der Waals surface area contributed by atoms with E-state index in [1.807, 2.05) is 4.68 Å². The largest absolute Gasteiger partial charge is 0.396 e. The zero-order valence-corrected chi connectivity index (χ0v) is 10.1. The van der Waals surface area contributed by atoms with Crippen LogP contribution in [0, 0.1) is 0 Å². The second-order valence-corrected chi connectivity index (χ2v) is 5.12. The highest BCUT2D eigenvalue weighted by molar-refractivity contribution is 5.07. The van der Waals surface area contributed by atoms with E-state index in [-0.39, 0.29) is 12.5 Å². The third kappa shape index (κ3) is 2.09. The Morgan fingerprint density at radius 1 is 1.35 bits per heavy atom. The van der Waals surface area contributed by atoms with Gasteiger partial charge < -0.3 is 10.4 Å². The Labute approximate surface area is 101 Å². The summed E-state index contributed by atoms with van der Waals surface area (Å²) in [6, 6.07) is 0. The first kappa shape index (κ1) is 11.2. The monoisotopic (exact) mass is 236 g/mol. The second-order valence-electron chi connectivity index (χ2n) is 5.12. The Kier molecular flexibility index (Phi) is 3.11. The molecule has 2 unspecified atom stereocenters. The van der Waals surface area contributed by atoms with E-state index in [9.17, 15) is 5.11 Å². The normalized spacial score (nSPS) is 29.0. The maximum atomic E-state index is 9.36. The molecule has 1 aromatic heterocycles. The molecule has 0 aromatic carbocycles. The van der Waals surface area contributed by atoms with Gasteiger partial charge in [-0.05, 0) is 32.2 Å². The van der Waals surface area contributed by atoms with Gasteiger partial charge in [0, 0.05) is 24.9 Å². The minimum Gasteiger partial charge on any atom is -0.396 e. The Morgan fingerprint density at radius 3 is 3.06 bits per heavy atom. The van der Waals surface area contributed by atoms with Crippen LogP contribution in [0.3, 0.4) is 0 Å². The van der Waals surface area contributed by atoms with Crippen LogP contribution in [0.25, 0.3) is 0 Å². The van der Waals surface area contributed by atoms with Crippen LogP contribution in [0.4, 0.5) is 0 Å². The van der Waals surface area contributed by atoms with Crippen LogP contribution in [0.1, 0.15) is 49.2 Å². The van der Waals surface area contributed by atoms with E-state index >= 15 is 0 Å². The van der Waals surface area contributed by atoms with Gasteiger partial charge in [-0.25, -0.2) is 9.67 Å². The zero-order chi connectivity index (χ0) is 11.7. The predicted octanol–water partition coefficient (Wildman–Crippen LogP) is 0.615. The van der Waals surface area contributed by atoms with Crippen LogP contribution >= 0.6 is 0 Å². The lowest BCUT2D eigenvalue weighted by molar-refractivity contribution is 0.234. The maximum Gasteiger partial charge on any atom is 0.155 e. The lowest BCUT2D eigenvalue weighted by Gasteiger charge is -2.19. The number of aliphatic hydroxyl groups is 1. The summed E-state index contributed by atoms with van der Waals surface area (Å²) in [5.41, 5.74) is 0. The fourth-order valence-electron chi connectivity index (χ4n) is 2.87. The highest BCUT2D eigenvalue weighted by atomic mass is 16.3. The quantitative estimate of drug-likeness (QED) is 0.790. The number of fused-ring (bicyclic) bond motifs is 1. The molecule has 2 aliphatic rings. The summed E-state index contributed by atoms with van der Waals surface area (Å²) in [6.07, 6.45) is 4.53. The fraction of sp³-hybridized carbons (Fsp3) is 0.833. The molecule has 94 valence electrons. The molecular formula is C12H20N4O. The number of hydrogen-bond acceptors (Lipinski definition) is 4. The standard InChI is InChI=1S/C12H20N4O/c17-8-10-4-2-6-16-12(10)14-11(15-16)9-3-1-5-13-7-9/h9-10,13,17H,1-8H2. The molecule has 3 rings (SSSR count). The van der Waals surface area contributed by atoms with Crippen molar-refractivity contribution in [2.45, 2.75) is 44.1 Å². The summed E-state index contributed by atoms with van der Waals surface area (Å²) in [4.78, 5) is 4.68. The van der Waals surface area contributed by atoms with E-state index in [1.165, 1.54) is 12.8 Å². The van der Waals surface area contributed by atoms with Crippen molar-refractivity contribution in [3.8, 4) is 0 Å². The van der Waals surface area contributed by atoms with Gasteiger partial charge >= 0.3 is 0 Å². The van der Waals surface area contributed by atoms with Crippen LogP contribution in [-0.4, -0.2) is 39.6 Å². The van der Waals surface area contributed by atoms with E-state index in [1.54, 1.807) is 0 Å². The first-order valence-corrected chi connectivity index (χ1v) is 6.64. The average Bonchev–Trinajstić information content (AvgIpc) is 2.83. The molecule has 2 atom stereocenters. The van der Waals surface area contributed by atoms with Crippen molar-refractivity contribution in [3.05, 3.63) is 11.6 Å². The topological polar surface area (TPSA) is 63.0 Å². The number of piperidine rings is 1. The fourth-order valence-corrected chi connectivity index (χ4v) is 2.87. The Balaban J connectivity index is 1.84. The van der Waals surface area contributed by atoms with Crippen molar-refractivity contribution in [2.75, 3.05) is 19.7 Å². The number of aliphatic hydroxyl groups excluding tert-OH is 1. The summed E-state index contributed by atoms with van der Waals surface area (Å²) in [5.74, 6) is 2.63. The Morgan fingerprint density at radius 2 is 2.29 bits per heavy atom. The van der Waals surface area contributed by atoms with Gasteiger partial charge in [-0.1, -0.05) is 0 Å². The van der Waals surface area contributed by atoms with Gasteiger partial charge in [-0.2, -0.15) is 5.10 Å². The van der Waals surface area contributed by atoms with Gasteiger partial charge in [0.1, 0.15) is 5.82 Å². The molecule has 2 aliphatic heterocycles. The number of aryl methyl sites for hydroxylation is 1. The molecule has 1 aromatic rings. The van der Waals surface area contributed by atoms with Crippen LogP contribution in [0.15, 0.2) is 0 Å². The molecule has 17 heavy (non-hydrogen) atoms. The van der Waals surface area contributed by atoms with Crippen molar-refractivity contribution in [1.82, 2.24) is 20.1 Å². The molecule has 5 heteroatoms. The summed E-state index contributed by atoms with van der Waals surface area (Å²) in [6.45, 7) is 3.26. The number of nitrogens with one attached hydrogen (secondary N) is 1. The molecule has 0 aliphatic carbocycles. The minimum absolute atomic E-state index is 0.195. The van der Waals surface area contributed by atoms with E-state index in [2.05, 4.69) is 15.4 Å². The number of nitrogens with zero attached hydrogens (tertiary/aromatic N) is 3. The highest BCUT2D eigenvalue weighted by Crippen LogP contribution is 2.28. The Bertz CT molecular complexity index is 384. The smallest absolute Gasteiger partial charge is 0.155 e. The highest BCUT2D eigenvalue weighted by Gasteiger charge is 2.27. The van der Waals surface area contributed by atoms with E-state index in [4.69, 9.17) is 0 Å². The zero-order valence-electron chi connectivity index (χ0n) is 10.1. The molecule has 2 N–H and O–H groups in total. The van der Waals surface area contributed by atoms with Crippen molar-refractivity contribution >= 4 is 0 Å². The van der Waals surface area contributed by atoms with Gasteiger partial charge in [0.25, 0.3) is 0 Å². The van der Waals surface area contributed by atoms with Gasteiger partial charge in [-0.3, -0.25) is 0 Å². The molecular weight excluding hydrogens is 216 g/mol. The van der Waals surface area contributed by atoms with Crippen LogP contribution in [-0.2, 0) is 6.54 Å². The number of rotatable bonds is 2. The number of aromatic nitrogens is 3. The summed E-state index contributed by atoms with van der Waals surface area (Å²) >= 11 is 0. The van der Waals surface area contributed by atoms with Gasteiger partial charge in [0.2, 0.25) is 0 Å². The maximum absolute atomic E-state index is 9.36. The second kappa shape index (κ2) is 4.74. The predicted molar refractivity (Wildman–Crippen MR) is 63.9 cm³/mol. The minimum atomic E-state index is 0.195. The lowest BCUT2D eigenvalue weighted by atomic mass is 9.98. The molecule has 1 fully saturated rings. The van der Waals surface area contributed by atoms with Gasteiger partial charge in [-0.15, -0.1) is 0 Å². The first-order valence-electron chi connectivity index (χ1n) is 6.64. The SMILES string of the molecule is OCC1CCCn2nc(C3CCCNC3)nc21. The molecule has 0 bridgehead atoms. The molecule has 0 radical (unpaired) electrons. The van der Waals surface area contributed by atoms with E-state index < -0.39 is 0 Å². The first-order chi connectivity index (χ1) is 8.38. The molecule has 5 nitrogen and oxygen atoms in total. The van der Waals surface area contributed by atoms with E-state index in [0.717, 1.165) is 44.1 Å². The van der Waals surface area contributed by atoms with Crippen LogP contribution in [0.5, 0.6) is 0 Å². The van der Waals surface area contributed by atoms with Crippen LogP contribution < -0.4 is 5.32 Å². The van der Waals surface area contributed by atoms with Crippen molar-refractivity contribution in [3.63, 3.8) is 0 Å². The summed E-state index contributed by atoms with van der Waals surface area (Å²) < 4.78 is 2.01. The summed E-state index contributed by atoms with van der Waals surface area (Å²) in [5, 5.41) is 17.4. The lowest BCUT2D eigenvalue weighted by Crippen LogP contribution is -2.29. The average molecular weight is 236 g/mol. The van der Waals surface area contributed by atoms with E-state index in [0.29, 0.717) is 5.92 Å². The Hall–Kier alpha value is -0.940. The number of hydrogen-bond donors (Lipinski definition) is 2. The third-order valence-electron chi connectivity index (χ3n) is 3.89. The van der Waals surface area contributed by atoms with Gasteiger partial charge in [0.05, 0.1) is 6.61 Å². The molecule has 1 saturated heterocycles. The van der Waals surface area contributed by atoms with Gasteiger partial charge in [0.15, 0.2) is 5.82 Å². The molecule has 3 heterocycles. The van der Waals surface area contributed by atoms with Crippen molar-refractivity contribution in [2.24, 2.45) is 0 Å². The van der Waals surface area contributed by atoms with Crippen LogP contribution in [0.2, 0.25) is 0 Å². The third-order valence-corrected chi connectivity index (χ3v) is 3.89. The summed E-state index contributed by atoms with van der Waals surface area (Å²) in [7, 11) is 0. The molecule has 0 spiro atoms. The molecule has 0 saturated carbocycles. The molecule has 0 amide bonds. The van der Waals surface area contributed by atoms with Crippen molar-refractivity contribution < 1.29 is 5.11 Å².